The molecule has 0 unspecified atom stereocenters. The predicted molar refractivity (Wildman–Crippen MR) is 116 cm³/mol. The molecular weight excluding hydrogens is 388 g/mol. The summed E-state index contributed by atoms with van der Waals surface area (Å²) in [7, 11) is 0. The molecule has 0 aliphatic heterocycles. The summed E-state index contributed by atoms with van der Waals surface area (Å²) in [5, 5.41) is 6.13. The van der Waals surface area contributed by atoms with Crippen molar-refractivity contribution in [1.29, 1.82) is 0 Å². The number of pyridine rings is 1. The zero-order valence-corrected chi connectivity index (χ0v) is 16.9. The molecular formula is C21H18N4OS2. The largest absolute Gasteiger partial charge is 0.397 e. The van der Waals surface area contributed by atoms with Crippen LogP contribution in [0.15, 0.2) is 35.8 Å². The minimum absolute atomic E-state index is 0.231. The predicted octanol–water partition coefficient (Wildman–Crippen LogP) is 5.05. The third-order valence-electron chi connectivity index (χ3n) is 5.10. The van der Waals surface area contributed by atoms with Crippen molar-refractivity contribution >= 4 is 49.6 Å². The highest BCUT2D eigenvalue weighted by Crippen LogP contribution is 2.44. The minimum Gasteiger partial charge on any atom is -0.397 e. The van der Waals surface area contributed by atoms with E-state index in [1.807, 2.05) is 5.38 Å². The second-order valence-corrected chi connectivity index (χ2v) is 8.84. The number of nitrogens with one attached hydrogen (secondary N) is 1. The lowest BCUT2D eigenvalue weighted by molar-refractivity contribution is 0.103. The number of aryl methyl sites for hydroxylation is 2. The van der Waals surface area contributed by atoms with Gasteiger partial charge in [-0.15, -0.1) is 22.7 Å². The van der Waals surface area contributed by atoms with Gasteiger partial charge in [0.1, 0.15) is 9.71 Å². The van der Waals surface area contributed by atoms with E-state index in [2.05, 4.69) is 41.5 Å². The van der Waals surface area contributed by atoms with Crippen LogP contribution >= 0.6 is 22.7 Å². The van der Waals surface area contributed by atoms with Gasteiger partial charge in [-0.05, 0) is 42.9 Å². The van der Waals surface area contributed by atoms with Crippen LogP contribution in [0, 0.1) is 6.92 Å². The molecule has 1 amide bonds. The maximum absolute atomic E-state index is 12.8. The molecule has 0 fully saturated rings. The molecule has 0 atom stereocenters. The van der Waals surface area contributed by atoms with Crippen LogP contribution in [-0.2, 0) is 12.8 Å². The first kappa shape index (κ1) is 17.3. The van der Waals surface area contributed by atoms with Crippen molar-refractivity contribution in [3.63, 3.8) is 0 Å². The van der Waals surface area contributed by atoms with Crippen LogP contribution < -0.4 is 11.1 Å². The summed E-state index contributed by atoms with van der Waals surface area (Å²) in [5.41, 5.74) is 12.9. The topological polar surface area (TPSA) is 80.9 Å². The van der Waals surface area contributed by atoms with E-state index in [-0.39, 0.29) is 5.91 Å². The summed E-state index contributed by atoms with van der Waals surface area (Å²) in [6.07, 6.45) is 4.74. The van der Waals surface area contributed by atoms with Crippen molar-refractivity contribution in [2.24, 2.45) is 0 Å². The molecule has 5 nitrogen and oxygen atoms in total. The number of hydrogen-bond acceptors (Lipinski definition) is 6. The second-order valence-electron chi connectivity index (χ2n) is 6.95. The van der Waals surface area contributed by atoms with Gasteiger partial charge in [-0.3, -0.25) is 10.1 Å². The SMILES string of the molecule is Cc1ccc(-c2c3c(nc4sc(C(=O)Nc5nccs5)c(N)c24)CCC3)cc1. The summed E-state index contributed by atoms with van der Waals surface area (Å²) >= 11 is 2.74. The fraction of sp³-hybridized carbons (Fsp3) is 0.190. The standard InChI is InChI=1S/C21H18N4OS2/c1-11-5-7-12(8-6-11)15-13-3-2-4-14(13)24-20-16(15)17(22)18(28-20)19(26)25-21-23-9-10-27-21/h5-10H,2-4,22H2,1H3,(H,23,25,26). The molecule has 0 saturated heterocycles. The maximum Gasteiger partial charge on any atom is 0.269 e. The van der Waals surface area contributed by atoms with Crippen LogP contribution in [0.25, 0.3) is 21.3 Å². The van der Waals surface area contributed by atoms with Gasteiger partial charge in [0.25, 0.3) is 5.91 Å². The number of hydrogen-bond donors (Lipinski definition) is 2. The van der Waals surface area contributed by atoms with Crippen molar-refractivity contribution in [1.82, 2.24) is 9.97 Å². The van der Waals surface area contributed by atoms with Crippen LogP contribution in [0.3, 0.4) is 0 Å². The molecule has 0 bridgehead atoms. The van der Waals surface area contributed by atoms with Crippen molar-refractivity contribution < 1.29 is 4.79 Å². The van der Waals surface area contributed by atoms with Crippen LogP contribution in [0.1, 0.15) is 32.9 Å². The van der Waals surface area contributed by atoms with Crippen molar-refractivity contribution in [2.45, 2.75) is 26.2 Å². The Balaban J connectivity index is 1.70. The maximum atomic E-state index is 12.8. The van der Waals surface area contributed by atoms with E-state index >= 15 is 0 Å². The normalized spacial score (nSPS) is 13.0. The van der Waals surface area contributed by atoms with Crippen molar-refractivity contribution in [3.8, 4) is 11.1 Å². The van der Waals surface area contributed by atoms with E-state index in [9.17, 15) is 4.79 Å². The number of anilines is 2. The number of nitrogen functional groups attached to an aromatic ring is 1. The van der Waals surface area contributed by atoms with Crippen LogP contribution in [0.4, 0.5) is 10.8 Å². The number of carbonyl (C=O) groups is 1. The Kier molecular flexibility index (Phi) is 4.14. The van der Waals surface area contributed by atoms with E-state index in [4.69, 9.17) is 10.7 Å². The summed E-state index contributed by atoms with van der Waals surface area (Å²) in [5.74, 6) is -0.231. The molecule has 3 aromatic heterocycles. The fourth-order valence-electron chi connectivity index (χ4n) is 3.79. The lowest BCUT2D eigenvalue weighted by Gasteiger charge is -2.12. The Morgan fingerprint density at radius 1 is 1.21 bits per heavy atom. The second kappa shape index (κ2) is 6.68. The smallest absolute Gasteiger partial charge is 0.269 e. The Labute approximate surface area is 170 Å². The third kappa shape index (κ3) is 2.78. The highest BCUT2D eigenvalue weighted by Gasteiger charge is 2.26. The molecule has 1 aromatic carbocycles. The van der Waals surface area contributed by atoms with Crippen molar-refractivity contribution in [3.05, 3.63) is 57.5 Å². The van der Waals surface area contributed by atoms with E-state index < -0.39 is 0 Å². The van der Waals surface area contributed by atoms with Gasteiger partial charge >= 0.3 is 0 Å². The number of fused-ring (bicyclic) bond motifs is 2. The first-order chi connectivity index (χ1) is 13.6. The number of rotatable bonds is 3. The monoisotopic (exact) mass is 406 g/mol. The van der Waals surface area contributed by atoms with E-state index in [1.54, 1.807) is 6.20 Å². The quantitative estimate of drug-likeness (QED) is 0.499. The zero-order chi connectivity index (χ0) is 19.3. The minimum atomic E-state index is -0.231. The highest BCUT2D eigenvalue weighted by molar-refractivity contribution is 7.21. The molecule has 0 saturated carbocycles. The summed E-state index contributed by atoms with van der Waals surface area (Å²) in [4.78, 5) is 23.1. The zero-order valence-electron chi connectivity index (χ0n) is 15.3. The first-order valence-electron chi connectivity index (χ1n) is 9.13. The van der Waals surface area contributed by atoms with E-state index in [0.717, 1.165) is 46.3 Å². The van der Waals surface area contributed by atoms with Crippen molar-refractivity contribution in [2.75, 3.05) is 11.1 Å². The first-order valence-corrected chi connectivity index (χ1v) is 10.8. The number of aromatic nitrogens is 2. The van der Waals surface area contributed by atoms with Gasteiger partial charge in [-0.2, -0.15) is 0 Å². The van der Waals surface area contributed by atoms with E-state index in [0.29, 0.717) is 15.7 Å². The molecule has 1 aliphatic carbocycles. The van der Waals surface area contributed by atoms with Crippen LogP contribution in [-0.4, -0.2) is 15.9 Å². The number of nitrogens with two attached hydrogens (primary N) is 1. The molecule has 0 spiro atoms. The van der Waals surface area contributed by atoms with Gasteiger partial charge in [-0.25, -0.2) is 9.97 Å². The summed E-state index contributed by atoms with van der Waals surface area (Å²) < 4.78 is 0. The molecule has 7 heteroatoms. The number of thiophene rings is 1. The molecule has 1 aliphatic rings. The average molecular weight is 407 g/mol. The molecule has 140 valence electrons. The molecule has 3 N–H and O–H groups in total. The molecule has 5 rings (SSSR count). The Morgan fingerprint density at radius 3 is 2.79 bits per heavy atom. The van der Waals surface area contributed by atoms with Gasteiger partial charge in [0, 0.05) is 22.7 Å². The Morgan fingerprint density at radius 2 is 2.04 bits per heavy atom. The third-order valence-corrected chi connectivity index (χ3v) is 6.89. The molecule has 0 radical (unpaired) electrons. The number of carbonyl (C=O) groups excluding carboxylic acids is 1. The van der Waals surface area contributed by atoms with Gasteiger partial charge in [0.05, 0.1) is 5.69 Å². The number of thiazole rings is 1. The molecule has 28 heavy (non-hydrogen) atoms. The number of nitrogens with zero attached hydrogens (tertiary/aromatic N) is 2. The number of benzene rings is 1. The average Bonchev–Trinajstić information content (AvgIpc) is 3.42. The van der Waals surface area contributed by atoms with Gasteiger partial charge in [-0.1, -0.05) is 29.8 Å². The van der Waals surface area contributed by atoms with Crippen LogP contribution in [0.5, 0.6) is 0 Å². The van der Waals surface area contributed by atoms with Gasteiger partial charge in [0.2, 0.25) is 0 Å². The molecule has 4 aromatic rings. The van der Waals surface area contributed by atoms with Gasteiger partial charge in [0.15, 0.2) is 5.13 Å². The fourth-order valence-corrected chi connectivity index (χ4v) is 5.34. The highest BCUT2D eigenvalue weighted by atomic mass is 32.1. The Bertz CT molecular complexity index is 1190. The Hall–Kier alpha value is -2.77. The van der Waals surface area contributed by atoms with E-state index in [1.165, 1.54) is 33.8 Å². The molecule has 3 heterocycles. The lowest BCUT2D eigenvalue weighted by Crippen LogP contribution is -2.11. The lowest BCUT2D eigenvalue weighted by atomic mass is 9.95. The number of amides is 1. The summed E-state index contributed by atoms with van der Waals surface area (Å²) in [6, 6.07) is 8.49. The summed E-state index contributed by atoms with van der Waals surface area (Å²) in [6.45, 7) is 2.08. The van der Waals surface area contributed by atoms with Crippen LogP contribution in [0.2, 0.25) is 0 Å². The van der Waals surface area contributed by atoms with Gasteiger partial charge < -0.3 is 5.73 Å².